The molecule has 1 aromatic carbocycles. The van der Waals surface area contributed by atoms with E-state index in [1.165, 1.54) is 7.11 Å². The fraction of sp³-hybridized carbons (Fsp3) is 0.524. The molecule has 2 N–H and O–H groups in total. The summed E-state index contributed by atoms with van der Waals surface area (Å²) >= 11 is 0. The van der Waals surface area contributed by atoms with E-state index in [1.807, 2.05) is 7.05 Å². The Bertz CT molecular complexity index is 851. The monoisotopic (exact) mass is 426 g/mol. The number of carbonyl (C=O) groups is 1. The average Bonchev–Trinajstić information content (AvgIpc) is 2.66. The molecule has 1 saturated heterocycles. The number of benzene rings is 1. The number of aliphatic hydroxyl groups excluding tert-OH is 1. The van der Waals surface area contributed by atoms with Gasteiger partial charge in [-0.1, -0.05) is 0 Å². The smallest absolute Gasteiger partial charge is 0.303 e. The molecule has 3 atom stereocenters. The Labute approximate surface area is 176 Å². The molecule has 0 radical (unpaired) electrons. The van der Waals surface area contributed by atoms with Gasteiger partial charge in [0.1, 0.15) is 11.6 Å². The minimum atomic E-state index is -0.984. The van der Waals surface area contributed by atoms with Gasteiger partial charge >= 0.3 is 5.97 Å². The zero-order valence-corrected chi connectivity index (χ0v) is 17.5. The number of methoxy groups -OCH3 is 1. The lowest BCUT2D eigenvalue weighted by Crippen LogP contribution is -2.39. The molecule has 0 amide bonds. The number of pyridine rings is 1. The van der Waals surface area contributed by atoms with Crippen LogP contribution in [-0.4, -0.2) is 53.3 Å². The third-order valence-corrected chi connectivity index (χ3v) is 5.74. The van der Waals surface area contributed by atoms with E-state index in [0.717, 1.165) is 25.7 Å². The number of carboxylic acid groups (broad SMARTS) is 1. The van der Waals surface area contributed by atoms with E-state index in [-0.39, 0.29) is 36.2 Å². The molecule has 0 spiro atoms. The highest BCUT2D eigenvalue weighted by Crippen LogP contribution is 2.35. The van der Waals surface area contributed by atoms with Crippen molar-refractivity contribution >= 4 is 29.3 Å². The summed E-state index contributed by atoms with van der Waals surface area (Å²) in [7, 11) is 3.53. The minimum absolute atomic E-state index is 0. The first-order valence-electron chi connectivity index (χ1n) is 9.59. The number of aromatic nitrogens is 1. The molecule has 29 heavy (non-hydrogen) atoms. The lowest BCUT2D eigenvalue weighted by Gasteiger charge is -2.36. The van der Waals surface area contributed by atoms with E-state index in [1.54, 1.807) is 18.2 Å². The molecule has 0 bridgehead atoms. The normalized spacial score (nSPS) is 20.8. The molecule has 1 fully saturated rings. The van der Waals surface area contributed by atoms with Crippen molar-refractivity contribution in [2.45, 2.75) is 31.8 Å². The molecule has 2 heterocycles. The predicted molar refractivity (Wildman–Crippen MR) is 111 cm³/mol. The van der Waals surface area contributed by atoms with Gasteiger partial charge in [0.15, 0.2) is 0 Å². The molecular formula is C21H28ClFN2O4. The number of ether oxygens (including phenoxy) is 1. The molecule has 2 aromatic rings. The van der Waals surface area contributed by atoms with Crippen LogP contribution in [-0.2, 0) is 4.79 Å². The Morgan fingerprint density at radius 2 is 2.17 bits per heavy atom. The largest absolute Gasteiger partial charge is 0.497 e. The Hall–Kier alpha value is -1.96. The number of rotatable bonds is 7. The third kappa shape index (κ3) is 5.56. The van der Waals surface area contributed by atoms with Gasteiger partial charge in [0.25, 0.3) is 0 Å². The number of nitrogens with zero attached hydrogens (tertiary/aromatic N) is 2. The van der Waals surface area contributed by atoms with Crippen LogP contribution in [0.5, 0.6) is 5.75 Å². The van der Waals surface area contributed by atoms with Crippen molar-refractivity contribution < 1.29 is 24.1 Å². The summed E-state index contributed by atoms with van der Waals surface area (Å²) in [6.45, 7) is 1.64. The van der Waals surface area contributed by atoms with Crippen LogP contribution < -0.4 is 4.74 Å². The molecule has 1 aromatic heterocycles. The number of aliphatic carboxylic acids is 1. The fourth-order valence-corrected chi connectivity index (χ4v) is 4.25. The van der Waals surface area contributed by atoms with E-state index in [4.69, 9.17) is 4.74 Å². The summed E-state index contributed by atoms with van der Waals surface area (Å²) in [5, 5.41) is 20.5. The van der Waals surface area contributed by atoms with Gasteiger partial charge in [-0.3, -0.25) is 9.78 Å². The second kappa shape index (κ2) is 10.2. The van der Waals surface area contributed by atoms with Gasteiger partial charge in [0.2, 0.25) is 0 Å². The number of carboxylic acids is 1. The third-order valence-electron chi connectivity index (χ3n) is 5.74. The number of hydrogen-bond acceptors (Lipinski definition) is 5. The molecule has 0 aliphatic carbocycles. The number of likely N-dealkylation sites (tertiary alicyclic amines) is 1. The number of fused-ring (bicyclic) bond motifs is 1. The Balaban J connectivity index is 0.00000300. The molecule has 8 heteroatoms. The zero-order valence-electron chi connectivity index (χ0n) is 16.7. The SMILES string of the molecule is COc1ccc2ncc(F)c(C(O)CCC3CCN(C)CC3CC(=O)O)c2c1.Cl. The van der Waals surface area contributed by atoms with E-state index in [9.17, 15) is 19.4 Å². The van der Waals surface area contributed by atoms with Gasteiger partial charge in [-0.2, -0.15) is 0 Å². The summed E-state index contributed by atoms with van der Waals surface area (Å²) < 4.78 is 19.7. The maximum atomic E-state index is 14.5. The van der Waals surface area contributed by atoms with Gasteiger partial charge in [0, 0.05) is 23.9 Å². The van der Waals surface area contributed by atoms with Gasteiger partial charge in [-0.25, -0.2) is 4.39 Å². The Kier molecular flexibility index (Phi) is 8.19. The van der Waals surface area contributed by atoms with Crippen molar-refractivity contribution in [3.05, 3.63) is 35.8 Å². The summed E-state index contributed by atoms with van der Waals surface area (Å²) in [6.07, 6.45) is 2.18. The van der Waals surface area contributed by atoms with E-state index >= 15 is 0 Å². The number of aliphatic hydroxyl groups is 1. The zero-order chi connectivity index (χ0) is 20.3. The lowest BCUT2D eigenvalue weighted by atomic mass is 9.79. The van der Waals surface area contributed by atoms with Gasteiger partial charge in [0.05, 0.1) is 24.9 Å². The summed E-state index contributed by atoms with van der Waals surface area (Å²) in [4.78, 5) is 17.4. The molecule has 1 aliphatic heterocycles. The molecule has 3 unspecified atom stereocenters. The quantitative estimate of drug-likeness (QED) is 0.703. The van der Waals surface area contributed by atoms with Crippen molar-refractivity contribution in [1.29, 1.82) is 0 Å². The van der Waals surface area contributed by atoms with Crippen LogP contribution in [0.1, 0.15) is 37.4 Å². The van der Waals surface area contributed by atoms with Gasteiger partial charge in [-0.15, -0.1) is 12.4 Å². The number of halogens is 2. The van der Waals surface area contributed by atoms with E-state index in [2.05, 4.69) is 9.88 Å². The van der Waals surface area contributed by atoms with Gasteiger partial charge in [-0.05, 0) is 62.9 Å². The maximum Gasteiger partial charge on any atom is 0.303 e. The molecule has 0 saturated carbocycles. The van der Waals surface area contributed by atoms with Crippen LogP contribution in [0.3, 0.4) is 0 Å². The van der Waals surface area contributed by atoms with Gasteiger partial charge < -0.3 is 19.8 Å². The van der Waals surface area contributed by atoms with Crippen molar-refractivity contribution in [3.8, 4) is 5.75 Å². The average molecular weight is 427 g/mol. The van der Waals surface area contributed by atoms with E-state index < -0.39 is 17.9 Å². The van der Waals surface area contributed by atoms with Crippen molar-refractivity contribution in [2.75, 3.05) is 27.2 Å². The van der Waals surface area contributed by atoms with Crippen LogP contribution in [0.25, 0.3) is 10.9 Å². The van der Waals surface area contributed by atoms with Crippen LogP contribution in [0.15, 0.2) is 24.4 Å². The van der Waals surface area contributed by atoms with Crippen LogP contribution in [0.4, 0.5) is 4.39 Å². The van der Waals surface area contributed by atoms with Crippen molar-refractivity contribution in [2.24, 2.45) is 11.8 Å². The van der Waals surface area contributed by atoms with Crippen LogP contribution in [0, 0.1) is 17.7 Å². The molecule has 3 rings (SSSR count). The van der Waals surface area contributed by atoms with E-state index in [0.29, 0.717) is 29.5 Å². The first-order chi connectivity index (χ1) is 13.4. The first kappa shape index (κ1) is 23.3. The maximum absolute atomic E-state index is 14.5. The second-order valence-corrected chi connectivity index (χ2v) is 7.66. The lowest BCUT2D eigenvalue weighted by molar-refractivity contribution is -0.139. The topological polar surface area (TPSA) is 82.9 Å². The highest BCUT2D eigenvalue weighted by atomic mass is 35.5. The Morgan fingerprint density at radius 3 is 2.86 bits per heavy atom. The van der Waals surface area contributed by atoms with Crippen molar-refractivity contribution in [3.63, 3.8) is 0 Å². The fourth-order valence-electron chi connectivity index (χ4n) is 4.25. The second-order valence-electron chi connectivity index (χ2n) is 7.66. The van der Waals surface area contributed by atoms with Crippen LogP contribution >= 0.6 is 12.4 Å². The molecular weight excluding hydrogens is 399 g/mol. The standard InChI is InChI=1S/C21H27FN2O4.ClH/c1-24-8-7-13(14(12-24)9-20(26)27)3-6-19(25)21-16-10-15(28-2)4-5-18(16)23-11-17(21)22;/h4-5,10-11,13-14,19,25H,3,6-9,12H2,1-2H3,(H,26,27);1H. The molecule has 1 aliphatic rings. The summed E-state index contributed by atoms with van der Waals surface area (Å²) in [6, 6.07) is 5.18. The minimum Gasteiger partial charge on any atom is -0.497 e. The first-order valence-corrected chi connectivity index (χ1v) is 9.59. The highest BCUT2D eigenvalue weighted by Gasteiger charge is 2.30. The number of hydrogen-bond donors (Lipinski definition) is 2. The molecule has 160 valence electrons. The number of piperidine rings is 1. The summed E-state index contributed by atoms with van der Waals surface area (Å²) in [5.74, 6) is -0.525. The Morgan fingerprint density at radius 1 is 1.41 bits per heavy atom. The highest BCUT2D eigenvalue weighted by molar-refractivity contribution is 5.85. The predicted octanol–water partition coefficient (Wildman–Crippen LogP) is 3.66. The molecule has 6 nitrogen and oxygen atoms in total. The van der Waals surface area contributed by atoms with Crippen LogP contribution in [0.2, 0.25) is 0 Å². The van der Waals surface area contributed by atoms with Crippen molar-refractivity contribution in [1.82, 2.24) is 9.88 Å². The summed E-state index contributed by atoms with van der Waals surface area (Å²) in [5.41, 5.74) is 0.825.